The quantitative estimate of drug-likeness (QED) is 0.775. The largest absolute Gasteiger partial charge is 0.377 e. The van der Waals surface area contributed by atoms with Gasteiger partial charge in [0.1, 0.15) is 0 Å². The number of nitrogens with two attached hydrogens (primary N) is 1. The van der Waals surface area contributed by atoms with Crippen LogP contribution < -0.4 is 5.73 Å². The second-order valence-electron chi connectivity index (χ2n) is 4.04. The van der Waals surface area contributed by atoms with E-state index in [1.807, 2.05) is 38.4 Å². The van der Waals surface area contributed by atoms with Crippen molar-refractivity contribution in [1.29, 1.82) is 0 Å². The van der Waals surface area contributed by atoms with Crippen molar-refractivity contribution < 1.29 is 4.74 Å². The zero-order valence-corrected chi connectivity index (χ0v) is 9.52. The molecule has 3 nitrogen and oxygen atoms in total. The summed E-state index contributed by atoms with van der Waals surface area (Å²) in [5, 5.41) is 0. The molecular formula is C12H20N2O. The van der Waals surface area contributed by atoms with E-state index in [2.05, 4.69) is 4.98 Å². The van der Waals surface area contributed by atoms with Crippen LogP contribution in [0.5, 0.6) is 0 Å². The highest BCUT2D eigenvalue weighted by Gasteiger charge is 2.04. The lowest BCUT2D eigenvalue weighted by Gasteiger charge is -2.14. The van der Waals surface area contributed by atoms with Gasteiger partial charge in [-0.3, -0.25) is 4.98 Å². The van der Waals surface area contributed by atoms with Gasteiger partial charge in [-0.05, 0) is 44.4 Å². The molecule has 1 unspecified atom stereocenters. The molecule has 0 saturated heterocycles. The molecule has 2 N–H and O–H groups in total. The molecule has 1 heterocycles. The molecule has 0 bridgehead atoms. The molecule has 1 rings (SSSR count). The van der Waals surface area contributed by atoms with Crippen molar-refractivity contribution in [2.24, 2.45) is 5.73 Å². The van der Waals surface area contributed by atoms with Gasteiger partial charge in [0.05, 0.1) is 12.7 Å². The van der Waals surface area contributed by atoms with Gasteiger partial charge in [-0.15, -0.1) is 0 Å². The first-order valence-electron chi connectivity index (χ1n) is 5.44. The van der Waals surface area contributed by atoms with Crippen molar-refractivity contribution in [3.05, 3.63) is 30.1 Å². The number of aromatic nitrogens is 1. The summed E-state index contributed by atoms with van der Waals surface area (Å²) in [6.07, 6.45) is 5.83. The summed E-state index contributed by atoms with van der Waals surface area (Å²) in [5.41, 5.74) is 7.21. The van der Waals surface area contributed by atoms with E-state index < -0.39 is 0 Å². The van der Waals surface area contributed by atoms with Crippen LogP contribution in [0.25, 0.3) is 0 Å². The number of hydrogen-bond acceptors (Lipinski definition) is 3. The van der Waals surface area contributed by atoms with Gasteiger partial charge in [-0.1, -0.05) is 0 Å². The van der Waals surface area contributed by atoms with Gasteiger partial charge in [0.25, 0.3) is 0 Å². The predicted molar refractivity (Wildman–Crippen MR) is 61.6 cm³/mol. The third kappa shape index (κ3) is 5.50. The molecule has 0 aliphatic carbocycles. The summed E-state index contributed by atoms with van der Waals surface area (Å²) < 4.78 is 5.45. The molecule has 0 aliphatic heterocycles. The van der Waals surface area contributed by atoms with Crippen LogP contribution in [0.2, 0.25) is 0 Å². The lowest BCUT2D eigenvalue weighted by Crippen LogP contribution is -2.28. The van der Waals surface area contributed by atoms with E-state index in [1.165, 1.54) is 5.56 Å². The maximum Gasteiger partial charge on any atom is 0.0621 e. The lowest BCUT2D eigenvalue weighted by molar-refractivity contribution is 0.0670. The van der Waals surface area contributed by atoms with E-state index in [0.29, 0.717) is 6.61 Å². The number of aryl methyl sites for hydroxylation is 1. The Kier molecular flexibility index (Phi) is 5.29. The minimum Gasteiger partial charge on any atom is -0.377 e. The molecule has 0 radical (unpaired) electrons. The number of pyridine rings is 1. The molecule has 0 aliphatic rings. The summed E-state index contributed by atoms with van der Waals surface area (Å²) in [6.45, 7) is 4.69. The molecule has 0 spiro atoms. The molecule has 0 aromatic carbocycles. The summed E-state index contributed by atoms with van der Waals surface area (Å²) in [5.74, 6) is 0. The van der Waals surface area contributed by atoms with Crippen molar-refractivity contribution in [2.75, 3.05) is 6.61 Å². The predicted octanol–water partition coefficient (Wildman–Crippen LogP) is 1.77. The van der Waals surface area contributed by atoms with E-state index in [-0.39, 0.29) is 12.1 Å². The van der Waals surface area contributed by atoms with Crippen LogP contribution in [0, 0.1) is 0 Å². The molecule has 1 aromatic heterocycles. The van der Waals surface area contributed by atoms with Gasteiger partial charge in [-0.2, -0.15) is 0 Å². The topological polar surface area (TPSA) is 48.1 Å². The van der Waals surface area contributed by atoms with Crippen molar-refractivity contribution in [2.45, 2.75) is 38.8 Å². The maximum atomic E-state index is 5.93. The first kappa shape index (κ1) is 12.1. The van der Waals surface area contributed by atoms with E-state index in [4.69, 9.17) is 10.5 Å². The third-order valence-corrected chi connectivity index (χ3v) is 2.20. The van der Waals surface area contributed by atoms with Gasteiger partial charge in [-0.25, -0.2) is 0 Å². The van der Waals surface area contributed by atoms with Gasteiger partial charge in [0, 0.05) is 18.4 Å². The number of ether oxygens (including phenoxy) is 1. The summed E-state index contributed by atoms with van der Waals surface area (Å²) in [6, 6.07) is 4.17. The number of nitrogens with zero attached hydrogens (tertiary/aromatic N) is 1. The average Bonchev–Trinajstić information content (AvgIpc) is 2.25. The Labute approximate surface area is 91.7 Å². The highest BCUT2D eigenvalue weighted by Crippen LogP contribution is 2.03. The summed E-state index contributed by atoms with van der Waals surface area (Å²) in [7, 11) is 0. The van der Waals surface area contributed by atoms with Crippen LogP contribution in [-0.2, 0) is 11.2 Å². The zero-order chi connectivity index (χ0) is 11.1. The first-order chi connectivity index (χ1) is 7.18. The SMILES string of the molecule is CC(C)OCC(N)CCc1ccncc1. The van der Waals surface area contributed by atoms with E-state index in [0.717, 1.165) is 12.8 Å². The second-order valence-corrected chi connectivity index (χ2v) is 4.04. The standard InChI is InChI=1S/C12H20N2O/c1-10(2)15-9-12(13)4-3-11-5-7-14-8-6-11/h5-8,10,12H,3-4,9,13H2,1-2H3. The fourth-order valence-electron chi connectivity index (χ4n) is 1.30. The van der Waals surface area contributed by atoms with Gasteiger partial charge >= 0.3 is 0 Å². The Morgan fingerprint density at radius 2 is 2.00 bits per heavy atom. The average molecular weight is 208 g/mol. The van der Waals surface area contributed by atoms with Crippen LogP contribution in [0.1, 0.15) is 25.8 Å². The first-order valence-corrected chi connectivity index (χ1v) is 5.44. The molecule has 0 saturated carbocycles. The molecule has 1 aromatic rings. The van der Waals surface area contributed by atoms with Crippen molar-refractivity contribution in [1.82, 2.24) is 4.98 Å². The minimum atomic E-state index is 0.126. The molecule has 1 atom stereocenters. The van der Waals surface area contributed by atoms with Gasteiger partial charge in [0.15, 0.2) is 0 Å². The molecule has 3 heteroatoms. The monoisotopic (exact) mass is 208 g/mol. The van der Waals surface area contributed by atoms with Crippen LogP contribution in [0.4, 0.5) is 0 Å². The molecule has 84 valence electrons. The Balaban J connectivity index is 2.19. The maximum absolute atomic E-state index is 5.93. The Hall–Kier alpha value is -0.930. The van der Waals surface area contributed by atoms with Crippen molar-refractivity contribution in [3.8, 4) is 0 Å². The van der Waals surface area contributed by atoms with Crippen LogP contribution in [-0.4, -0.2) is 23.7 Å². The molecule has 15 heavy (non-hydrogen) atoms. The minimum absolute atomic E-state index is 0.126. The summed E-state index contributed by atoms with van der Waals surface area (Å²) >= 11 is 0. The molecule has 0 fully saturated rings. The molecular weight excluding hydrogens is 188 g/mol. The highest BCUT2D eigenvalue weighted by atomic mass is 16.5. The van der Waals surface area contributed by atoms with Crippen LogP contribution >= 0.6 is 0 Å². The Bertz CT molecular complexity index is 262. The van der Waals surface area contributed by atoms with E-state index in [1.54, 1.807) is 0 Å². The fraction of sp³-hybridized carbons (Fsp3) is 0.583. The Morgan fingerprint density at radius 1 is 1.33 bits per heavy atom. The van der Waals surface area contributed by atoms with Crippen molar-refractivity contribution in [3.63, 3.8) is 0 Å². The second kappa shape index (κ2) is 6.53. The summed E-state index contributed by atoms with van der Waals surface area (Å²) in [4.78, 5) is 3.98. The Morgan fingerprint density at radius 3 is 2.60 bits per heavy atom. The van der Waals surface area contributed by atoms with Crippen LogP contribution in [0.3, 0.4) is 0 Å². The van der Waals surface area contributed by atoms with Gasteiger partial charge in [0.2, 0.25) is 0 Å². The molecule has 0 amide bonds. The van der Waals surface area contributed by atoms with Crippen molar-refractivity contribution >= 4 is 0 Å². The third-order valence-electron chi connectivity index (χ3n) is 2.20. The zero-order valence-electron chi connectivity index (χ0n) is 9.52. The highest BCUT2D eigenvalue weighted by molar-refractivity contribution is 5.09. The van der Waals surface area contributed by atoms with E-state index in [9.17, 15) is 0 Å². The smallest absolute Gasteiger partial charge is 0.0621 e. The van der Waals surface area contributed by atoms with Crippen LogP contribution in [0.15, 0.2) is 24.5 Å². The van der Waals surface area contributed by atoms with Gasteiger partial charge < -0.3 is 10.5 Å². The number of rotatable bonds is 6. The van der Waals surface area contributed by atoms with E-state index >= 15 is 0 Å². The number of hydrogen-bond donors (Lipinski definition) is 1. The normalized spacial score (nSPS) is 13.1. The lowest BCUT2D eigenvalue weighted by atomic mass is 10.1. The fourth-order valence-corrected chi connectivity index (χ4v) is 1.30.